The SMILES string of the molecule is Nc1ncnc2nc(-c3ccccc3C3CCNC3)cc(-c3cccc(Br)c3)c12. The molecule has 2 aromatic heterocycles. The molecule has 0 radical (unpaired) electrons. The number of halogens is 1. The van der Waals surface area contributed by atoms with Gasteiger partial charge in [-0.3, -0.25) is 0 Å². The van der Waals surface area contributed by atoms with Crippen molar-refractivity contribution in [1.29, 1.82) is 0 Å². The molecule has 1 saturated heterocycles. The minimum Gasteiger partial charge on any atom is -0.383 e. The molecule has 1 aliphatic rings. The van der Waals surface area contributed by atoms with Gasteiger partial charge in [0, 0.05) is 16.6 Å². The van der Waals surface area contributed by atoms with E-state index in [2.05, 4.69) is 73.7 Å². The van der Waals surface area contributed by atoms with Gasteiger partial charge in [-0.2, -0.15) is 0 Å². The second-order valence-corrected chi connectivity index (χ2v) is 8.22. The van der Waals surface area contributed by atoms with E-state index in [1.807, 2.05) is 12.1 Å². The average Bonchev–Trinajstić information content (AvgIpc) is 3.28. The number of nitrogens with one attached hydrogen (secondary N) is 1. The third-order valence-corrected chi connectivity index (χ3v) is 6.00. The molecule has 1 atom stereocenters. The van der Waals surface area contributed by atoms with Crippen LogP contribution >= 0.6 is 15.9 Å². The Morgan fingerprint density at radius 1 is 1.00 bits per heavy atom. The number of fused-ring (bicyclic) bond motifs is 1. The molecule has 0 saturated carbocycles. The number of benzene rings is 2. The Kier molecular flexibility index (Phi) is 4.73. The van der Waals surface area contributed by atoms with Crippen LogP contribution in [-0.2, 0) is 0 Å². The number of pyridine rings is 1. The van der Waals surface area contributed by atoms with Crippen LogP contribution in [0.3, 0.4) is 0 Å². The Morgan fingerprint density at radius 3 is 2.72 bits per heavy atom. The Bertz CT molecular complexity index is 1200. The van der Waals surface area contributed by atoms with E-state index in [-0.39, 0.29) is 0 Å². The zero-order valence-electron chi connectivity index (χ0n) is 15.8. The number of hydrogen-bond donors (Lipinski definition) is 2. The molecule has 1 unspecified atom stereocenters. The van der Waals surface area contributed by atoms with Gasteiger partial charge >= 0.3 is 0 Å². The lowest BCUT2D eigenvalue weighted by Crippen LogP contribution is -2.09. The summed E-state index contributed by atoms with van der Waals surface area (Å²) in [5.41, 5.74) is 12.3. The number of nitrogens with two attached hydrogens (primary N) is 1. The number of nitrogens with zero attached hydrogens (tertiary/aromatic N) is 3. The summed E-state index contributed by atoms with van der Waals surface area (Å²) in [5, 5.41) is 4.25. The molecule has 5 rings (SSSR count). The van der Waals surface area contributed by atoms with Crippen molar-refractivity contribution < 1.29 is 0 Å². The van der Waals surface area contributed by atoms with Crippen molar-refractivity contribution in [3.8, 4) is 22.4 Å². The lowest BCUT2D eigenvalue weighted by Gasteiger charge is -2.16. The molecule has 0 amide bonds. The van der Waals surface area contributed by atoms with Gasteiger partial charge in [0.05, 0.1) is 11.1 Å². The highest BCUT2D eigenvalue weighted by molar-refractivity contribution is 9.10. The molecule has 0 aliphatic carbocycles. The van der Waals surface area contributed by atoms with Crippen LogP contribution in [0.15, 0.2) is 65.4 Å². The predicted octanol–water partition coefficient (Wildman–Crippen LogP) is 4.78. The highest BCUT2D eigenvalue weighted by atomic mass is 79.9. The van der Waals surface area contributed by atoms with E-state index in [0.717, 1.165) is 51.8 Å². The van der Waals surface area contributed by atoms with Crippen LogP contribution in [-0.4, -0.2) is 28.0 Å². The molecule has 1 fully saturated rings. The maximum Gasteiger partial charge on any atom is 0.165 e. The van der Waals surface area contributed by atoms with E-state index in [0.29, 0.717) is 17.4 Å². The molecule has 0 spiro atoms. The van der Waals surface area contributed by atoms with Crippen LogP contribution in [0, 0.1) is 0 Å². The van der Waals surface area contributed by atoms with E-state index in [1.54, 1.807) is 0 Å². The number of anilines is 1. The van der Waals surface area contributed by atoms with Gasteiger partial charge in [0.2, 0.25) is 0 Å². The van der Waals surface area contributed by atoms with Crippen molar-refractivity contribution in [1.82, 2.24) is 20.3 Å². The third-order valence-electron chi connectivity index (χ3n) is 5.51. The second kappa shape index (κ2) is 7.54. The molecule has 3 N–H and O–H groups in total. The van der Waals surface area contributed by atoms with E-state index < -0.39 is 0 Å². The van der Waals surface area contributed by atoms with Crippen LogP contribution in [0.5, 0.6) is 0 Å². The Balaban J connectivity index is 1.77. The molecule has 144 valence electrons. The third kappa shape index (κ3) is 3.39. The number of nitrogen functional groups attached to an aromatic ring is 1. The fourth-order valence-electron chi connectivity index (χ4n) is 4.12. The van der Waals surface area contributed by atoms with E-state index in [1.165, 1.54) is 11.9 Å². The summed E-state index contributed by atoms with van der Waals surface area (Å²) in [6.45, 7) is 2.05. The van der Waals surface area contributed by atoms with Crippen LogP contribution < -0.4 is 11.1 Å². The van der Waals surface area contributed by atoms with Crippen molar-refractivity contribution in [2.24, 2.45) is 0 Å². The lowest BCUT2D eigenvalue weighted by atomic mass is 9.90. The number of hydrogen-bond acceptors (Lipinski definition) is 5. The summed E-state index contributed by atoms with van der Waals surface area (Å²) in [7, 11) is 0. The number of rotatable bonds is 3. The van der Waals surface area contributed by atoms with Gasteiger partial charge in [-0.1, -0.05) is 52.3 Å². The van der Waals surface area contributed by atoms with Gasteiger partial charge in [0.25, 0.3) is 0 Å². The quantitative estimate of drug-likeness (QED) is 0.474. The summed E-state index contributed by atoms with van der Waals surface area (Å²) in [6, 6.07) is 18.8. The summed E-state index contributed by atoms with van der Waals surface area (Å²) < 4.78 is 1.01. The standard InChI is InChI=1S/C23H20BrN5/c24-16-5-3-4-14(10-16)19-11-20(29-23-21(19)22(25)27-13-28-23)18-7-2-1-6-17(18)15-8-9-26-12-15/h1-7,10-11,13,15,26H,8-9,12H2,(H2,25,27,28,29). The number of aromatic nitrogens is 3. The average molecular weight is 446 g/mol. The van der Waals surface area contributed by atoms with Crippen molar-refractivity contribution in [3.63, 3.8) is 0 Å². The second-order valence-electron chi connectivity index (χ2n) is 7.30. The van der Waals surface area contributed by atoms with Crippen LogP contribution in [0.4, 0.5) is 5.82 Å². The Hall–Kier alpha value is -2.83. The summed E-state index contributed by atoms with van der Waals surface area (Å²) in [5.74, 6) is 0.936. The molecule has 6 heteroatoms. The fourth-order valence-corrected chi connectivity index (χ4v) is 4.52. The first-order valence-corrected chi connectivity index (χ1v) is 10.5. The van der Waals surface area contributed by atoms with Gasteiger partial charge in [-0.05, 0) is 53.8 Å². The normalized spacial score (nSPS) is 16.4. The van der Waals surface area contributed by atoms with Crippen LogP contribution in [0.2, 0.25) is 0 Å². The summed E-state index contributed by atoms with van der Waals surface area (Å²) in [6.07, 6.45) is 2.62. The molecular formula is C23H20BrN5. The van der Waals surface area contributed by atoms with Crippen LogP contribution in [0.1, 0.15) is 17.9 Å². The van der Waals surface area contributed by atoms with Gasteiger partial charge < -0.3 is 11.1 Å². The van der Waals surface area contributed by atoms with Gasteiger partial charge in [-0.25, -0.2) is 15.0 Å². The molecule has 2 aromatic carbocycles. The molecule has 4 aromatic rings. The minimum atomic E-state index is 0.442. The largest absolute Gasteiger partial charge is 0.383 e. The Morgan fingerprint density at radius 2 is 1.90 bits per heavy atom. The molecular weight excluding hydrogens is 426 g/mol. The van der Waals surface area contributed by atoms with E-state index in [4.69, 9.17) is 10.7 Å². The van der Waals surface area contributed by atoms with Gasteiger partial charge in [-0.15, -0.1) is 0 Å². The predicted molar refractivity (Wildman–Crippen MR) is 121 cm³/mol. The fraction of sp³-hybridized carbons (Fsp3) is 0.174. The molecule has 29 heavy (non-hydrogen) atoms. The molecule has 0 bridgehead atoms. The topological polar surface area (TPSA) is 76.7 Å². The van der Waals surface area contributed by atoms with Crippen molar-refractivity contribution >= 4 is 32.8 Å². The molecule has 1 aliphatic heterocycles. The monoisotopic (exact) mass is 445 g/mol. The Labute approximate surface area is 177 Å². The zero-order valence-corrected chi connectivity index (χ0v) is 17.4. The lowest BCUT2D eigenvalue weighted by molar-refractivity contribution is 0.765. The maximum absolute atomic E-state index is 6.24. The van der Waals surface area contributed by atoms with Crippen LogP contribution in [0.25, 0.3) is 33.4 Å². The first kappa shape index (κ1) is 18.2. The van der Waals surface area contributed by atoms with E-state index in [9.17, 15) is 0 Å². The van der Waals surface area contributed by atoms with Crippen molar-refractivity contribution in [2.75, 3.05) is 18.8 Å². The highest BCUT2D eigenvalue weighted by Crippen LogP contribution is 2.37. The summed E-state index contributed by atoms with van der Waals surface area (Å²) in [4.78, 5) is 13.5. The first-order chi connectivity index (χ1) is 14.2. The smallest absolute Gasteiger partial charge is 0.165 e. The van der Waals surface area contributed by atoms with Crippen molar-refractivity contribution in [3.05, 3.63) is 71.0 Å². The molecule has 5 nitrogen and oxygen atoms in total. The first-order valence-electron chi connectivity index (χ1n) is 9.68. The minimum absolute atomic E-state index is 0.442. The zero-order chi connectivity index (χ0) is 19.8. The molecule has 3 heterocycles. The maximum atomic E-state index is 6.24. The summed E-state index contributed by atoms with van der Waals surface area (Å²) >= 11 is 3.58. The van der Waals surface area contributed by atoms with Gasteiger partial charge in [0.15, 0.2) is 5.65 Å². The highest BCUT2D eigenvalue weighted by Gasteiger charge is 2.21. The van der Waals surface area contributed by atoms with Crippen molar-refractivity contribution in [2.45, 2.75) is 12.3 Å². The van der Waals surface area contributed by atoms with Gasteiger partial charge in [0.1, 0.15) is 12.1 Å². The van der Waals surface area contributed by atoms with E-state index >= 15 is 0 Å².